The number of carbonyl (C=O) groups excluding carboxylic acids is 2. The molecule has 1 aliphatic carbocycles. The first-order chi connectivity index (χ1) is 15.4. The van der Waals surface area contributed by atoms with Gasteiger partial charge in [-0.2, -0.15) is 0 Å². The van der Waals surface area contributed by atoms with Crippen LogP contribution in [0, 0.1) is 0 Å². The van der Waals surface area contributed by atoms with Crippen molar-refractivity contribution in [2.45, 2.75) is 38.6 Å². The van der Waals surface area contributed by atoms with Crippen molar-refractivity contribution in [2.75, 3.05) is 14.2 Å². The third kappa shape index (κ3) is 4.03. The number of hydrogen-bond acceptors (Lipinski definition) is 4. The molecule has 2 unspecified atom stereocenters. The molecule has 4 rings (SSSR count). The topological polar surface area (TPSA) is 56.5 Å². The van der Waals surface area contributed by atoms with Gasteiger partial charge in [0.1, 0.15) is 0 Å². The number of nitrogens with zero attached hydrogens (tertiary/aromatic N) is 1. The second-order valence-electron chi connectivity index (χ2n) is 8.34. The molecule has 1 aliphatic rings. The molecule has 0 fully saturated rings. The molecule has 1 aromatic heterocycles. The van der Waals surface area contributed by atoms with Crippen LogP contribution in [0.2, 0.25) is 0 Å². The highest BCUT2D eigenvalue weighted by atomic mass is 16.5. The summed E-state index contributed by atoms with van der Waals surface area (Å²) in [5.41, 5.74) is 4.17. The number of fused-ring (bicyclic) bond motifs is 1. The molecule has 0 radical (unpaired) electrons. The van der Waals surface area contributed by atoms with Gasteiger partial charge in [0.15, 0.2) is 41.5 Å². The van der Waals surface area contributed by atoms with E-state index in [0.29, 0.717) is 29.0 Å². The number of hydrogen-bond donors (Lipinski definition) is 0. The number of benzene rings is 2. The number of Topliss-reactive ketones (excluding diaryl/α,β-unsaturated/α-hetero) is 2. The second kappa shape index (κ2) is 8.95. The van der Waals surface area contributed by atoms with Crippen LogP contribution in [-0.4, -0.2) is 25.8 Å². The maximum atomic E-state index is 13.3. The van der Waals surface area contributed by atoms with Crippen molar-refractivity contribution in [3.05, 3.63) is 88.7 Å². The zero-order valence-electron chi connectivity index (χ0n) is 18.9. The Kier molecular flexibility index (Phi) is 6.08. The van der Waals surface area contributed by atoms with Gasteiger partial charge in [-0.3, -0.25) is 9.59 Å². The van der Waals surface area contributed by atoms with Crippen LogP contribution in [0.5, 0.6) is 11.5 Å². The molecule has 5 nitrogen and oxygen atoms in total. The molecule has 32 heavy (non-hydrogen) atoms. The highest BCUT2D eigenvalue weighted by Crippen LogP contribution is 2.40. The van der Waals surface area contributed by atoms with Crippen LogP contribution < -0.4 is 14.0 Å². The zero-order chi connectivity index (χ0) is 22.8. The van der Waals surface area contributed by atoms with E-state index in [1.54, 1.807) is 27.2 Å². The molecule has 0 bridgehead atoms. The van der Waals surface area contributed by atoms with Crippen LogP contribution in [0.15, 0.2) is 60.9 Å². The molecule has 0 spiro atoms. The summed E-state index contributed by atoms with van der Waals surface area (Å²) in [6, 6.07) is 16.0. The Morgan fingerprint density at radius 1 is 1.09 bits per heavy atom. The van der Waals surface area contributed by atoms with Crippen molar-refractivity contribution in [1.82, 2.24) is 0 Å². The van der Waals surface area contributed by atoms with Crippen molar-refractivity contribution >= 4 is 11.6 Å². The van der Waals surface area contributed by atoms with E-state index in [1.165, 1.54) is 5.56 Å². The summed E-state index contributed by atoms with van der Waals surface area (Å²) >= 11 is 0. The smallest absolute Gasteiger partial charge is 0.180 e. The Morgan fingerprint density at radius 2 is 1.78 bits per heavy atom. The Morgan fingerprint density at radius 3 is 2.44 bits per heavy atom. The molecule has 0 N–H and O–H groups in total. The van der Waals surface area contributed by atoms with E-state index < -0.39 is 0 Å². The van der Waals surface area contributed by atoms with Crippen molar-refractivity contribution in [2.24, 2.45) is 0 Å². The van der Waals surface area contributed by atoms with Crippen LogP contribution in [0.1, 0.15) is 63.2 Å². The quantitative estimate of drug-likeness (QED) is 0.409. The predicted octanol–water partition coefficient (Wildman–Crippen LogP) is 4.52. The molecule has 0 saturated carbocycles. The molecule has 0 amide bonds. The fourth-order valence-corrected chi connectivity index (χ4v) is 4.53. The van der Waals surface area contributed by atoms with Gasteiger partial charge in [-0.25, -0.2) is 4.57 Å². The van der Waals surface area contributed by atoms with Crippen molar-refractivity contribution in [3.63, 3.8) is 0 Å². The fraction of sp³-hybridized carbons (Fsp3) is 0.296. The van der Waals surface area contributed by atoms with Gasteiger partial charge in [0.05, 0.1) is 25.7 Å². The highest BCUT2D eigenvalue weighted by Gasteiger charge is 2.36. The van der Waals surface area contributed by atoms with E-state index in [4.69, 9.17) is 9.47 Å². The summed E-state index contributed by atoms with van der Waals surface area (Å²) in [7, 11) is 3.14. The summed E-state index contributed by atoms with van der Waals surface area (Å²) in [4.78, 5) is 25.9. The minimum absolute atomic E-state index is 0.0125. The van der Waals surface area contributed by atoms with Crippen LogP contribution in [-0.2, 0) is 12.8 Å². The molecule has 1 heterocycles. The fourth-order valence-electron chi connectivity index (χ4n) is 4.53. The largest absolute Gasteiger partial charge is 0.493 e. The first kappa shape index (κ1) is 21.8. The maximum absolute atomic E-state index is 13.3. The molecule has 3 aromatic rings. The first-order valence-corrected chi connectivity index (χ1v) is 10.8. The third-order valence-electron chi connectivity index (χ3n) is 6.27. The standard InChI is InChI=1S/C27H28NO4/c1-17(12-19-8-6-5-7-9-19)28-11-10-21(24(16-28)18(2)29)23-13-20-14-25(31-3)26(32-4)15-22(20)27(23)30/h5-11,14-17,23H,12-13H2,1-4H3/q+1. The second-order valence-corrected chi connectivity index (χ2v) is 8.34. The number of carbonyl (C=O) groups is 2. The average molecular weight is 431 g/mol. The number of rotatable bonds is 7. The minimum Gasteiger partial charge on any atom is -0.493 e. The van der Waals surface area contributed by atoms with E-state index >= 15 is 0 Å². The highest BCUT2D eigenvalue weighted by molar-refractivity contribution is 6.07. The van der Waals surface area contributed by atoms with Gasteiger partial charge in [-0.1, -0.05) is 30.3 Å². The normalized spacial score (nSPS) is 15.9. The number of aromatic nitrogens is 1. The monoisotopic (exact) mass is 430 g/mol. The maximum Gasteiger partial charge on any atom is 0.180 e. The van der Waals surface area contributed by atoms with Crippen LogP contribution >= 0.6 is 0 Å². The lowest BCUT2D eigenvalue weighted by molar-refractivity contribution is -0.719. The van der Waals surface area contributed by atoms with E-state index in [2.05, 4.69) is 23.6 Å². The SMILES string of the molecule is COc1cc2c(cc1OC)C(=O)C(c1cc[n+](C(C)Cc3ccccc3)cc1C(C)=O)C2. The van der Waals surface area contributed by atoms with Crippen LogP contribution in [0.3, 0.4) is 0 Å². The lowest BCUT2D eigenvalue weighted by Gasteiger charge is -2.14. The lowest BCUT2D eigenvalue weighted by atomic mass is 9.90. The van der Waals surface area contributed by atoms with Gasteiger partial charge in [0.2, 0.25) is 0 Å². The Balaban J connectivity index is 1.66. The Hall–Kier alpha value is -3.47. The first-order valence-electron chi connectivity index (χ1n) is 10.8. The van der Waals surface area contributed by atoms with Gasteiger partial charge >= 0.3 is 0 Å². The average Bonchev–Trinajstić information content (AvgIpc) is 3.13. The summed E-state index contributed by atoms with van der Waals surface area (Å²) in [5.74, 6) is 0.721. The van der Waals surface area contributed by atoms with Gasteiger partial charge in [0.25, 0.3) is 0 Å². The molecule has 0 saturated heterocycles. The Bertz CT molecular complexity index is 1170. The van der Waals surface area contributed by atoms with E-state index in [0.717, 1.165) is 17.5 Å². The molecule has 2 aromatic carbocycles. The number of ketones is 2. The molecule has 2 atom stereocenters. The van der Waals surface area contributed by atoms with E-state index in [-0.39, 0.29) is 23.5 Å². The van der Waals surface area contributed by atoms with E-state index in [1.807, 2.05) is 42.7 Å². The predicted molar refractivity (Wildman–Crippen MR) is 122 cm³/mol. The number of ether oxygens (including phenoxy) is 2. The third-order valence-corrected chi connectivity index (χ3v) is 6.27. The van der Waals surface area contributed by atoms with Gasteiger partial charge in [0, 0.05) is 18.1 Å². The molecular formula is C27H28NO4+. The number of pyridine rings is 1. The van der Waals surface area contributed by atoms with Gasteiger partial charge in [-0.15, -0.1) is 0 Å². The van der Waals surface area contributed by atoms with Crippen molar-refractivity contribution in [1.29, 1.82) is 0 Å². The summed E-state index contributed by atoms with van der Waals surface area (Å²) in [5, 5.41) is 0. The number of methoxy groups -OCH3 is 2. The van der Waals surface area contributed by atoms with E-state index in [9.17, 15) is 9.59 Å². The van der Waals surface area contributed by atoms with Crippen molar-refractivity contribution in [3.8, 4) is 11.5 Å². The van der Waals surface area contributed by atoms with Crippen molar-refractivity contribution < 1.29 is 23.6 Å². The zero-order valence-corrected chi connectivity index (χ0v) is 18.9. The Labute approximate surface area is 188 Å². The van der Waals surface area contributed by atoms with Crippen LogP contribution in [0.25, 0.3) is 0 Å². The molecular weight excluding hydrogens is 402 g/mol. The minimum atomic E-state index is -0.389. The summed E-state index contributed by atoms with van der Waals surface area (Å²) in [6.07, 6.45) is 5.27. The van der Waals surface area contributed by atoms with Gasteiger partial charge in [-0.05, 0) is 49.1 Å². The molecule has 164 valence electrons. The van der Waals surface area contributed by atoms with Gasteiger partial charge < -0.3 is 9.47 Å². The van der Waals surface area contributed by atoms with Crippen LogP contribution in [0.4, 0.5) is 0 Å². The molecule has 5 heteroatoms. The summed E-state index contributed by atoms with van der Waals surface area (Å²) in [6.45, 7) is 3.69. The summed E-state index contributed by atoms with van der Waals surface area (Å²) < 4.78 is 12.8. The molecule has 0 aliphatic heterocycles. The lowest BCUT2D eigenvalue weighted by Crippen LogP contribution is -2.39.